The molecular weight excluding hydrogens is 325 g/mol. The van der Waals surface area contributed by atoms with Crippen LogP contribution in [0.15, 0.2) is 30.3 Å². The summed E-state index contributed by atoms with van der Waals surface area (Å²) >= 11 is 11.7. The standard InChI is InChI=1S/C13H8Cl2F2N2O2/c14-10-5-9(19(20)21)2-1-7(10)6-18-13-11(15)3-8(16)4-12(13)17/h1-5,18H,6H2. The molecule has 0 fully saturated rings. The SMILES string of the molecule is O=[N+]([O-])c1ccc(CNc2c(F)cc(F)cc2Cl)c(Cl)c1. The third-order valence-electron chi connectivity index (χ3n) is 2.71. The Morgan fingerprint density at radius 3 is 2.43 bits per heavy atom. The fourth-order valence-electron chi connectivity index (χ4n) is 1.69. The third kappa shape index (κ3) is 3.59. The molecule has 0 bridgehead atoms. The van der Waals surface area contributed by atoms with Crippen LogP contribution in [0.1, 0.15) is 5.56 Å². The fourth-order valence-corrected chi connectivity index (χ4v) is 2.19. The van der Waals surface area contributed by atoms with E-state index in [0.29, 0.717) is 11.6 Å². The highest BCUT2D eigenvalue weighted by molar-refractivity contribution is 6.33. The smallest absolute Gasteiger partial charge is 0.270 e. The molecule has 110 valence electrons. The largest absolute Gasteiger partial charge is 0.377 e. The van der Waals surface area contributed by atoms with E-state index < -0.39 is 16.6 Å². The van der Waals surface area contributed by atoms with E-state index in [4.69, 9.17) is 23.2 Å². The van der Waals surface area contributed by atoms with Crippen molar-refractivity contribution in [3.05, 3.63) is 67.7 Å². The predicted octanol–water partition coefficient (Wildman–Crippen LogP) is 4.79. The molecule has 0 aromatic heterocycles. The van der Waals surface area contributed by atoms with Gasteiger partial charge in [0, 0.05) is 24.7 Å². The van der Waals surface area contributed by atoms with E-state index in [1.807, 2.05) is 0 Å². The molecule has 0 saturated carbocycles. The first kappa shape index (κ1) is 15.5. The third-order valence-corrected chi connectivity index (χ3v) is 3.36. The zero-order valence-corrected chi connectivity index (χ0v) is 11.9. The van der Waals surface area contributed by atoms with E-state index in [9.17, 15) is 18.9 Å². The Morgan fingerprint density at radius 2 is 1.86 bits per heavy atom. The van der Waals surface area contributed by atoms with Crippen molar-refractivity contribution in [2.45, 2.75) is 6.54 Å². The van der Waals surface area contributed by atoms with Gasteiger partial charge in [0.25, 0.3) is 5.69 Å². The maximum absolute atomic E-state index is 13.6. The molecule has 2 aromatic rings. The number of hydrogen-bond acceptors (Lipinski definition) is 3. The summed E-state index contributed by atoms with van der Waals surface area (Å²) in [6, 6.07) is 5.60. The zero-order valence-electron chi connectivity index (χ0n) is 10.4. The second-order valence-corrected chi connectivity index (χ2v) is 4.95. The van der Waals surface area contributed by atoms with E-state index in [0.717, 1.165) is 6.07 Å². The molecule has 0 unspecified atom stereocenters. The van der Waals surface area contributed by atoms with Crippen LogP contribution >= 0.6 is 23.2 Å². The second kappa shape index (κ2) is 6.24. The average Bonchev–Trinajstić information content (AvgIpc) is 2.38. The van der Waals surface area contributed by atoms with Gasteiger partial charge in [0.2, 0.25) is 0 Å². The second-order valence-electron chi connectivity index (χ2n) is 4.13. The number of non-ortho nitro benzene ring substituents is 1. The Kier molecular flexibility index (Phi) is 4.59. The lowest BCUT2D eigenvalue weighted by Crippen LogP contribution is -2.03. The number of halogens is 4. The summed E-state index contributed by atoms with van der Waals surface area (Å²) in [6.45, 7) is 0.0824. The molecule has 0 aliphatic carbocycles. The van der Waals surface area contributed by atoms with Crippen LogP contribution in [0.2, 0.25) is 10.0 Å². The Labute approximate surface area is 128 Å². The first-order chi connectivity index (χ1) is 9.88. The summed E-state index contributed by atoms with van der Waals surface area (Å²) in [7, 11) is 0. The molecule has 4 nitrogen and oxygen atoms in total. The van der Waals surface area contributed by atoms with Crippen LogP contribution in [-0.2, 0) is 6.54 Å². The number of nitrogens with one attached hydrogen (secondary N) is 1. The number of nitro groups is 1. The predicted molar refractivity (Wildman–Crippen MR) is 76.8 cm³/mol. The Morgan fingerprint density at radius 1 is 1.14 bits per heavy atom. The molecule has 0 spiro atoms. The Hall–Kier alpha value is -1.92. The fraction of sp³-hybridized carbons (Fsp3) is 0.0769. The monoisotopic (exact) mass is 332 g/mol. The van der Waals surface area contributed by atoms with Gasteiger partial charge in [0.1, 0.15) is 5.82 Å². The number of rotatable bonds is 4. The van der Waals surface area contributed by atoms with E-state index in [-0.39, 0.29) is 28.0 Å². The number of anilines is 1. The van der Waals surface area contributed by atoms with Gasteiger partial charge >= 0.3 is 0 Å². The molecule has 1 N–H and O–H groups in total. The minimum atomic E-state index is -0.835. The number of hydrogen-bond donors (Lipinski definition) is 1. The van der Waals surface area contributed by atoms with Crippen molar-refractivity contribution in [3.63, 3.8) is 0 Å². The number of nitro benzene ring substituents is 1. The molecule has 2 aromatic carbocycles. The van der Waals surface area contributed by atoms with Crippen molar-refractivity contribution in [1.29, 1.82) is 0 Å². The molecule has 0 atom stereocenters. The van der Waals surface area contributed by atoms with E-state index in [1.165, 1.54) is 18.2 Å². The van der Waals surface area contributed by atoms with Gasteiger partial charge in [-0.05, 0) is 17.7 Å². The minimum Gasteiger partial charge on any atom is -0.377 e. The van der Waals surface area contributed by atoms with Crippen molar-refractivity contribution < 1.29 is 13.7 Å². The van der Waals surface area contributed by atoms with Gasteiger partial charge < -0.3 is 5.32 Å². The van der Waals surface area contributed by atoms with Crippen molar-refractivity contribution >= 4 is 34.6 Å². The lowest BCUT2D eigenvalue weighted by molar-refractivity contribution is -0.384. The van der Waals surface area contributed by atoms with Crippen molar-refractivity contribution in [2.75, 3.05) is 5.32 Å². The quantitative estimate of drug-likeness (QED) is 0.646. The summed E-state index contributed by atoms with van der Waals surface area (Å²) in [5.74, 6) is -1.62. The van der Waals surface area contributed by atoms with Crippen LogP contribution in [0, 0.1) is 21.7 Å². The van der Waals surface area contributed by atoms with Gasteiger partial charge in [0.05, 0.1) is 20.7 Å². The van der Waals surface area contributed by atoms with Gasteiger partial charge in [-0.25, -0.2) is 8.78 Å². The van der Waals surface area contributed by atoms with Crippen LogP contribution in [0.3, 0.4) is 0 Å². The molecular formula is C13H8Cl2F2N2O2. The highest BCUT2D eigenvalue weighted by Gasteiger charge is 2.12. The lowest BCUT2D eigenvalue weighted by atomic mass is 10.2. The lowest BCUT2D eigenvalue weighted by Gasteiger charge is -2.10. The van der Waals surface area contributed by atoms with Crippen molar-refractivity contribution in [1.82, 2.24) is 0 Å². The first-order valence-corrected chi connectivity index (χ1v) is 6.45. The minimum absolute atomic E-state index is 0.0625. The molecule has 0 heterocycles. The summed E-state index contributed by atoms with van der Waals surface area (Å²) in [5.41, 5.74) is 0.310. The van der Waals surface area contributed by atoms with Crippen LogP contribution in [0.4, 0.5) is 20.2 Å². The molecule has 0 radical (unpaired) electrons. The zero-order chi connectivity index (χ0) is 15.6. The topological polar surface area (TPSA) is 55.2 Å². The molecule has 0 saturated heterocycles. The summed E-state index contributed by atoms with van der Waals surface area (Å²) in [4.78, 5) is 10.0. The average molecular weight is 333 g/mol. The van der Waals surface area contributed by atoms with Gasteiger partial charge in [-0.2, -0.15) is 0 Å². The van der Waals surface area contributed by atoms with Crippen LogP contribution in [0.25, 0.3) is 0 Å². The maximum Gasteiger partial charge on any atom is 0.270 e. The van der Waals surface area contributed by atoms with Gasteiger partial charge in [-0.1, -0.05) is 23.2 Å². The number of nitrogens with zero attached hydrogens (tertiary/aromatic N) is 1. The summed E-state index contributed by atoms with van der Waals surface area (Å²) in [6.07, 6.45) is 0. The highest BCUT2D eigenvalue weighted by atomic mass is 35.5. The summed E-state index contributed by atoms with van der Waals surface area (Å²) in [5, 5.41) is 13.3. The van der Waals surface area contributed by atoms with E-state index in [1.54, 1.807) is 0 Å². The molecule has 21 heavy (non-hydrogen) atoms. The normalized spacial score (nSPS) is 10.5. The molecule has 0 aliphatic heterocycles. The van der Waals surface area contributed by atoms with Crippen LogP contribution < -0.4 is 5.32 Å². The maximum atomic E-state index is 13.6. The Balaban J connectivity index is 2.19. The first-order valence-electron chi connectivity index (χ1n) is 5.69. The van der Waals surface area contributed by atoms with E-state index >= 15 is 0 Å². The Bertz CT molecular complexity index is 688. The number of benzene rings is 2. The molecule has 0 aliphatic rings. The molecule has 2 rings (SSSR count). The molecule has 0 amide bonds. The van der Waals surface area contributed by atoms with Crippen molar-refractivity contribution in [2.24, 2.45) is 0 Å². The highest BCUT2D eigenvalue weighted by Crippen LogP contribution is 2.28. The van der Waals surface area contributed by atoms with Crippen LogP contribution in [0.5, 0.6) is 0 Å². The van der Waals surface area contributed by atoms with Gasteiger partial charge in [-0.3, -0.25) is 10.1 Å². The van der Waals surface area contributed by atoms with Gasteiger partial charge in [0.15, 0.2) is 5.82 Å². The molecule has 8 heteroatoms. The van der Waals surface area contributed by atoms with Crippen LogP contribution in [-0.4, -0.2) is 4.92 Å². The van der Waals surface area contributed by atoms with Crippen molar-refractivity contribution in [3.8, 4) is 0 Å². The summed E-state index contributed by atoms with van der Waals surface area (Å²) < 4.78 is 26.5. The van der Waals surface area contributed by atoms with Gasteiger partial charge in [-0.15, -0.1) is 0 Å². The van der Waals surface area contributed by atoms with E-state index in [2.05, 4.69) is 5.32 Å².